The van der Waals surface area contributed by atoms with Crippen molar-refractivity contribution in [3.8, 4) is 0 Å². The summed E-state index contributed by atoms with van der Waals surface area (Å²) in [7, 11) is -2.79. The molecule has 0 bridgehead atoms. The summed E-state index contributed by atoms with van der Waals surface area (Å²) in [6.07, 6.45) is 0. The Hall–Kier alpha value is -1.42. The van der Waals surface area contributed by atoms with Crippen molar-refractivity contribution in [2.24, 2.45) is 0 Å². The molecule has 0 fully saturated rings. The highest BCUT2D eigenvalue weighted by molar-refractivity contribution is 7.89. The van der Waals surface area contributed by atoms with Crippen LogP contribution in [0.15, 0.2) is 9.31 Å². The Morgan fingerprint density at radius 2 is 2.00 bits per heavy atom. The topological polar surface area (TPSA) is 126 Å². The number of hydrogen-bond acceptors (Lipinski definition) is 6. The number of carbonyl (C=O) groups is 1. The van der Waals surface area contributed by atoms with Gasteiger partial charge < -0.3 is 19.4 Å². The van der Waals surface area contributed by atoms with Crippen LogP contribution in [0, 0.1) is 13.8 Å². The second-order valence-corrected chi connectivity index (χ2v) is 5.83. The van der Waals surface area contributed by atoms with Crippen molar-refractivity contribution in [1.29, 1.82) is 0 Å². The van der Waals surface area contributed by atoms with Crippen LogP contribution in [-0.4, -0.2) is 51.0 Å². The van der Waals surface area contributed by atoms with Crippen molar-refractivity contribution < 1.29 is 32.6 Å². The molecule has 0 aliphatic heterocycles. The lowest BCUT2D eigenvalue weighted by atomic mass is 10.2. The van der Waals surface area contributed by atoms with Crippen LogP contribution >= 0.6 is 0 Å². The number of aliphatic hydroxyl groups excluding tert-OH is 1. The lowest BCUT2D eigenvalue weighted by Crippen LogP contribution is -2.41. The Labute approximate surface area is 116 Å². The molecule has 8 nitrogen and oxygen atoms in total. The second kappa shape index (κ2) is 6.35. The largest absolute Gasteiger partial charge is 0.478 e. The van der Waals surface area contributed by atoms with E-state index in [9.17, 15) is 13.2 Å². The molecule has 1 atom stereocenters. The molecule has 0 aliphatic rings. The third kappa shape index (κ3) is 3.37. The molecule has 20 heavy (non-hydrogen) atoms. The lowest BCUT2D eigenvalue weighted by molar-refractivity contribution is 0.0691. The van der Waals surface area contributed by atoms with Crippen molar-refractivity contribution in [3.05, 3.63) is 17.1 Å². The Morgan fingerprint density at radius 3 is 2.45 bits per heavy atom. The summed E-state index contributed by atoms with van der Waals surface area (Å²) in [6.45, 7) is 2.20. The molecule has 0 amide bonds. The van der Waals surface area contributed by atoms with Crippen molar-refractivity contribution in [3.63, 3.8) is 0 Å². The van der Waals surface area contributed by atoms with Crippen molar-refractivity contribution in [2.45, 2.75) is 24.8 Å². The van der Waals surface area contributed by atoms with Gasteiger partial charge >= 0.3 is 5.97 Å². The maximum Gasteiger partial charge on any atom is 0.340 e. The molecule has 114 valence electrons. The van der Waals surface area contributed by atoms with Gasteiger partial charge in [0.05, 0.1) is 19.3 Å². The average molecular weight is 307 g/mol. The van der Waals surface area contributed by atoms with E-state index in [2.05, 4.69) is 4.72 Å². The van der Waals surface area contributed by atoms with Gasteiger partial charge in [-0.3, -0.25) is 0 Å². The SMILES string of the molecule is COCC(CO)NS(=O)(=O)c1c(C)oc(C)c1C(=O)O. The lowest BCUT2D eigenvalue weighted by Gasteiger charge is -2.15. The normalized spacial score (nSPS) is 13.4. The summed E-state index contributed by atoms with van der Waals surface area (Å²) in [4.78, 5) is 10.7. The number of rotatable bonds is 7. The molecule has 1 heterocycles. The van der Waals surface area contributed by atoms with Crippen LogP contribution in [0.2, 0.25) is 0 Å². The van der Waals surface area contributed by atoms with Crippen LogP contribution in [-0.2, 0) is 14.8 Å². The van der Waals surface area contributed by atoms with E-state index in [1.807, 2.05) is 0 Å². The molecule has 1 aromatic rings. The molecule has 3 N–H and O–H groups in total. The summed E-state index contributed by atoms with van der Waals surface area (Å²) >= 11 is 0. The number of ether oxygens (including phenoxy) is 1. The van der Waals surface area contributed by atoms with E-state index < -0.39 is 39.1 Å². The smallest absolute Gasteiger partial charge is 0.340 e. The number of aromatic carboxylic acids is 1. The summed E-state index contributed by atoms with van der Waals surface area (Å²) < 4.78 is 36.5. The molecule has 1 rings (SSSR count). The van der Waals surface area contributed by atoms with Crippen molar-refractivity contribution >= 4 is 16.0 Å². The monoisotopic (exact) mass is 307 g/mol. The number of methoxy groups -OCH3 is 1. The minimum Gasteiger partial charge on any atom is -0.478 e. The summed E-state index contributed by atoms with van der Waals surface area (Å²) in [5.74, 6) is -1.42. The van der Waals surface area contributed by atoms with Gasteiger partial charge in [0.25, 0.3) is 0 Å². The first kappa shape index (κ1) is 16.6. The van der Waals surface area contributed by atoms with Crippen molar-refractivity contribution in [2.75, 3.05) is 20.3 Å². The van der Waals surface area contributed by atoms with Crippen molar-refractivity contribution in [1.82, 2.24) is 4.72 Å². The minimum atomic E-state index is -4.14. The van der Waals surface area contributed by atoms with E-state index in [1.54, 1.807) is 0 Å². The Kier molecular flexibility index (Phi) is 5.28. The van der Waals surface area contributed by atoms with Gasteiger partial charge in [-0.25, -0.2) is 17.9 Å². The molecule has 1 aromatic heterocycles. The highest BCUT2D eigenvalue weighted by atomic mass is 32.2. The molecule has 0 aliphatic carbocycles. The predicted octanol–water partition coefficient (Wildman–Crippen LogP) is -0.120. The zero-order valence-corrected chi connectivity index (χ0v) is 12.2. The quantitative estimate of drug-likeness (QED) is 0.641. The van der Waals surface area contributed by atoms with E-state index in [1.165, 1.54) is 21.0 Å². The third-order valence-electron chi connectivity index (χ3n) is 2.60. The van der Waals surface area contributed by atoms with E-state index >= 15 is 0 Å². The zero-order valence-electron chi connectivity index (χ0n) is 11.3. The van der Waals surface area contributed by atoms with Gasteiger partial charge in [-0.2, -0.15) is 0 Å². The Morgan fingerprint density at radius 1 is 1.40 bits per heavy atom. The summed E-state index contributed by atoms with van der Waals surface area (Å²) in [6, 6.07) is -0.874. The molecule has 0 saturated carbocycles. The molecule has 0 radical (unpaired) electrons. The first-order valence-electron chi connectivity index (χ1n) is 5.70. The van der Waals surface area contributed by atoms with E-state index in [4.69, 9.17) is 19.4 Å². The summed E-state index contributed by atoms with van der Waals surface area (Å²) in [5.41, 5.74) is -0.413. The first-order chi connectivity index (χ1) is 9.24. The van der Waals surface area contributed by atoms with Crippen LogP contribution < -0.4 is 4.72 Å². The van der Waals surface area contributed by atoms with Gasteiger partial charge in [0, 0.05) is 7.11 Å². The second-order valence-electron chi connectivity index (χ2n) is 4.18. The molecule has 0 saturated heterocycles. The van der Waals surface area contributed by atoms with Gasteiger partial charge in [0.15, 0.2) is 0 Å². The minimum absolute atomic E-state index is 0.00247. The number of aryl methyl sites for hydroxylation is 2. The number of furan rings is 1. The van der Waals surface area contributed by atoms with Gasteiger partial charge in [-0.05, 0) is 13.8 Å². The fraction of sp³-hybridized carbons (Fsp3) is 0.545. The molecule has 0 aromatic carbocycles. The molecule has 1 unspecified atom stereocenters. The fourth-order valence-corrected chi connectivity index (χ4v) is 3.46. The molecular formula is C11H17NO7S. The standard InChI is InChI=1S/C11H17NO7S/c1-6-9(11(14)15)10(7(2)19-6)20(16,17)12-8(4-13)5-18-3/h8,12-13H,4-5H2,1-3H3,(H,14,15). The Bertz CT molecular complexity index is 590. The predicted molar refractivity (Wildman–Crippen MR) is 68.2 cm³/mol. The zero-order chi connectivity index (χ0) is 15.5. The fourth-order valence-electron chi connectivity index (χ4n) is 1.84. The van der Waals surface area contributed by atoms with Crippen LogP contribution in [0.1, 0.15) is 21.9 Å². The maximum atomic E-state index is 12.2. The van der Waals surface area contributed by atoms with Crippen LogP contribution in [0.4, 0.5) is 0 Å². The highest BCUT2D eigenvalue weighted by Gasteiger charge is 2.32. The van der Waals surface area contributed by atoms with Crippen LogP contribution in [0.25, 0.3) is 0 Å². The third-order valence-corrected chi connectivity index (χ3v) is 4.27. The van der Waals surface area contributed by atoms with Gasteiger partial charge in [0.2, 0.25) is 10.0 Å². The number of carboxylic acids is 1. The summed E-state index contributed by atoms with van der Waals surface area (Å²) in [5, 5.41) is 18.2. The Balaban J connectivity index is 3.25. The van der Waals surface area contributed by atoms with Gasteiger partial charge in [-0.1, -0.05) is 0 Å². The van der Waals surface area contributed by atoms with Gasteiger partial charge in [0.1, 0.15) is 22.0 Å². The first-order valence-corrected chi connectivity index (χ1v) is 7.18. The number of aliphatic hydroxyl groups is 1. The molecular weight excluding hydrogens is 290 g/mol. The van der Waals surface area contributed by atoms with Gasteiger partial charge in [-0.15, -0.1) is 0 Å². The van der Waals surface area contributed by atoms with Crippen LogP contribution in [0.5, 0.6) is 0 Å². The number of hydrogen-bond donors (Lipinski definition) is 3. The molecule has 9 heteroatoms. The van der Waals surface area contributed by atoms with E-state index in [-0.39, 0.29) is 18.1 Å². The number of nitrogens with one attached hydrogen (secondary N) is 1. The van der Waals surface area contributed by atoms with E-state index in [0.717, 1.165) is 0 Å². The highest BCUT2D eigenvalue weighted by Crippen LogP contribution is 2.26. The molecule has 0 spiro atoms. The average Bonchev–Trinajstić information content (AvgIpc) is 2.64. The van der Waals surface area contributed by atoms with E-state index in [0.29, 0.717) is 0 Å². The van der Waals surface area contributed by atoms with Crippen LogP contribution in [0.3, 0.4) is 0 Å². The maximum absolute atomic E-state index is 12.2. The number of sulfonamides is 1. The number of carboxylic acid groups (broad SMARTS) is 1.